The Hall–Kier alpha value is -3.23. The summed E-state index contributed by atoms with van der Waals surface area (Å²) in [5, 5.41) is 4.10. The van der Waals surface area contributed by atoms with Crippen LogP contribution in [-0.2, 0) is 11.3 Å². The van der Waals surface area contributed by atoms with Gasteiger partial charge in [-0.25, -0.2) is 4.79 Å². The topological polar surface area (TPSA) is 61.9 Å². The number of nitrogens with zero attached hydrogens (tertiary/aromatic N) is 2. The normalized spacial score (nSPS) is 10.4. The molecule has 0 radical (unpaired) electrons. The minimum atomic E-state index is -0.517. The SMILES string of the molecule is COC(=O)c1c(NC(=S)N(Cc2ccccc2)c2ccccc2)sc(C(=O)N(C)C)c1C. The zero-order valence-corrected chi connectivity index (χ0v) is 20.0. The molecule has 32 heavy (non-hydrogen) atoms. The van der Waals surface area contributed by atoms with Crippen molar-refractivity contribution in [2.75, 3.05) is 31.4 Å². The maximum absolute atomic E-state index is 12.6. The number of methoxy groups -OCH3 is 1. The van der Waals surface area contributed by atoms with E-state index in [9.17, 15) is 9.59 Å². The number of hydrogen-bond acceptors (Lipinski definition) is 5. The van der Waals surface area contributed by atoms with Crippen LogP contribution >= 0.6 is 23.6 Å². The van der Waals surface area contributed by atoms with E-state index < -0.39 is 5.97 Å². The Balaban J connectivity index is 1.99. The molecule has 3 aromatic rings. The highest BCUT2D eigenvalue weighted by molar-refractivity contribution is 7.80. The average Bonchev–Trinajstić information content (AvgIpc) is 3.12. The van der Waals surface area contributed by atoms with Gasteiger partial charge in [-0.3, -0.25) is 4.79 Å². The van der Waals surface area contributed by atoms with Crippen LogP contribution in [-0.4, -0.2) is 43.1 Å². The molecule has 1 heterocycles. The third kappa shape index (κ3) is 5.15. The van der Waals surface area contributed by atoms with Crippen LogP contribution in [0.4, 0.5) is 10.7 Å². The molecule has 0 aliphatic rings. The van der Waals surface area contributed by atoms with Crippen LogP contribution < -0.4 is 10.2 Å². The number of amides is 1. The van der Waals surface area contributed by atoms with Crippen molar-refractivity contribution in [2.45, 2.75) is 13.5 Å². The van der Waals surface area contributed by atoms with Gasteiger partial charge in [0.05, 0.1) is 24.1 Å². The molecule has 0 spiro atoms. The van der Waals surface area contributed by atoms with Crippen molar-refractivity contribution in [3.8, 4) is 0 Å². The van der Waals surface area contributed by atoms with E-state index in [1.54, 1.807) is 21.0 Å². The maximum Gasteiger partial charge on any atom is 0.341 e. The predicted octanol–water partition coefficient (Wildman–Crippen LogP) is 4.95. The van der Waals surface area contributed by atoms with Gasteiger partial charge in [0, 0.05) is 19.8 Å². The van der Waals surface area contributed by atoms with Crippen LogP contribution in [0.3, 0.4) is 0 Å². The smallest absolute Gasteiger partial charge is 0.341 e. The van der Waals surface area contributed by atoms with Gasteiger partial charge in [-0.2, -0.15) is 0 Å². The quantitative estimate of drug-likeness (QED) is 0.409. The number of ether oxygens (including phenoxy) is 1. The summed E-state index contributed by atoms with van der Waals surface area (Å²) in [6.45, 7) is 2.28. The molecule has 0 unspecified atom stereocenters. The lowest BCUT2D eigenvalue weighted by atomic mass is 10.1. The van der Waals surface area contributed by atoms with E-state index in [1.807, 2.05) is 65.6 Å². The molecule has 1 N–H and O–H groups in total. The van der Waals surface area contributed by atoms with Gasteiger partial charge in [0.1, 0.15) is 5.00 Å². The minimum Gasteiger partial charge on any atom is -0.465 e. The first-order valence-electron chi connectivity index (χ1n) is 9.94. The molecule has 0 aliphatic heterocycles. The summed E-state index contributed by atoms with van der Waals surface area (Å²) in [6.07, 6.45) is 0. The molecule has 0 saturated heterocycles. The Morgan fingerprint density at radius 3 is 2.19 bits per heavy atom. The Morgan fingerprint density at radius 2 is 1.62 bits per heavy atom. The van der Waals surface area contributed by atoms with Crippen molar-refractivity contribution in [1.82, 2.24) is 4.90 Å². The lowest BCUT2D eigenvalue weighted by molar-refractivity contribution is 0.0601. The molecule has 0 bridgehead atoms. The summed E-state index contributed by atoms with van der Waals surface area (Å²) < 4.78 is 4.98. The number of nitrogens with one attached hydrogen (secondary N) is 1. The molecule has 0 aliphatic carbocycles. The summed E-state index contributed by atoms with van der Waals surface area (Å²) in [4.78, 5) is 29.1. The van der Waals surface area contributed by atoms with Crippen molar-refractivity contribution in [3.05, 3.63) is 82.2 Å². The number of esters is 1. The summed E-state index contributed by atoms with van der Waals surface area (Å²) >= 11 is 6.96. The van der Waals surface area contributed by atoms with E-state index in [0.29, 0.717) is 32.7 Å². The molecule has 2 aromatic carbocycles. The van der Waals surface area contributed by atoms with Crippen LogP contribution in [0.5, 0.6) is 0 Å². The fourth-order valence-corrected chi connectivity index (χ4v) is 4.73. The second-order valence-electron chi connectivity index (χ2n) is 7.29. The second-order valence-corrected chi connectivity index (χ2v) is 8.70. The molecule has 0 saturated carbocycles. The molecule has 0 atom stereocenters. The standard InChI is InChI=1S/C24H25N3O3S2/c1-16-19(23(29)30-4)21(32-20(16)22(28)26(2)3)25-24(31)27(18-13-9-6-10-14-18)15-17-11-7-5-8-12-17/h5-14H,15H2,1-4H3,(H,25,31). The van der Waals surface area contributed by atoms with Crippen molar-refractivity contribution in [3.63, 3.8) is 0 Å². The first kappa shape index (κ1) is 23.4. The third-order valence-corrected chi connectivity index (χ3v) is 6.37. The van der Waals surface area contributed by atoms with Gasteiger partial charge in [-0.1, -0.05) is 48.5 Å². The first-order chi connectivity index (χ1) is 15.3. The molecular weight excluding hydrogens is 442 g/mol. The number of rotatable bonds is 6. The molecule has 1 amide bonds. The van der Waals surface area contributed by atoms with Crippen LogP contribution in [0.15, 0.2) is 60.7 Å². The van der Waals surface area contributed by atoms with E-state index in [4.69, 9.17) is 17.0 Å². The molecular formula is C24H25N3O3S2. The van der Waals surface area contributed by atoms with Crippen molar-refractivity contribution >= 4 is 51.2 Å². The number of benzene rings is 2. The number of anilines is 2. The zero-order valence-electron chi connectivity index (χ0n) is 18.4. The van der Waals surface area contributed by atoms with Crippen molar-refractivity contribution < 1.29 is 14.3 Å². The first-order valence-corrected chi connectivity index (χ1v) is 11.2. The van der Waals surface area contributed by atoms with Crippen LogP contribution in [0.2, 0.25) is 0 Å². The number of thiocarbonyl (C=S) groups is 1. The Morgan fingerprint density at radius 1 is 1.03 bits per heavy atom. The number of thiophene rings is 1. The Kier molecular flexibility index (Phi) is 7.61. The number of hydrogen-bond donors (Lipinski definition) is 1. The van der Waals surface area contributed by atoms with Gasteiger partial charge < -0.3 is 19.9 Å². The number of carbonyl (C=O) groups excluding carboxylic acids is 2. The molecule has 8 heteroatoms. The maximum atomic E-state index is 12.6. The summed E-state index contributed by atoms with van der Waals surface area (Å²) in [5.74, 6) is -0.697. The largest absolute Gasteiger partial charge is 0.465 e. The predicted molar refractivity (Wildman–Crippen MR) is 134 cm³/mol. The second kappa shape index (κ2) is 10.4. The molecule has 0 fully saturated rings. The highest BCUT2D eigenvalue weighted by Gasteiger charge is 2.27. The minimum absolute atomic E-state index is 0.180. The average molecular weight is 468 g/mol. The van der Waals surface area contributed by atoms with E-state index in [2.05, 4.69) is 5.32 Å². The zero-order chi connectivity index (χ0) is 23.3. The van der Waals surface area contributed by atoms with Gasteiger partial charge in [0.15, 0.2) is 5.11 Å². The monoisotopic (exact) mass is 467 g/mol. The van der Waals surface area contributed by atoms with E-state index in [-0.39, 0.29) is 5.91 Å². The van der Waals surface area contributed by atoms with Gasteiger partial charge in [0.2, 0.25) is 0 Å². The lowest BCUT2D eigenvalue weighted by Crippen LogP contribution is -2.34. The number of para-hydroxylation sites is 1. The lowest BCUT2D eigenvalue weighted by Gasteiger charge is -2.26. The molecule has 3 rings (SSSR count). The summed E-state index contributed by atoms with van der Waals surface area (Å²) in [5.41, 5.74) is 2.88. The van der Waals surface area contributed by atoms with E-state index in [1.165, 1.54) is 23.3 Å². The van der Waals surface area contributed by atoms with Gasteiger partial charge in [-0.05, 0) is 42.4 Å². The molecule has 166 valence electrons. The van der Waals surface area contributed by atoms with Crippen LogP contribution in [0.1, 0.15) is 31.2 Å². The van der Waals surface area contributed by atoms with Gasteiger partial charge in [-0.15, -0.1) is 11.3 Å². The third-order valence-electron chi connectivity index (χ3n) is 4.85. The number of carbonyl (C=O) groups is 2. The fraction of sp³-hybridized carbons (Fsp3) is 0.208. The molecule has 6 nitrogen and oxygen atoms in total. The summed E-state index contributed by atoms with van der Waals surface area (Å²) in [7, 11) is 4.67. The fourth-order valence-electron chi connectivity index (χ4n) is 3.18. The Labute approximate surface area is 197 Å². The van der Waals surface area contributed by atoms with Gasteiger partial charge >= 0.3 is 5.97 Å². The van der Waals surface area contributed by atoms with Crippen molar-refractivity contribution in [1.29, 1.82) is 0 Å². The van der Waals surface area contributed by atoms with Crippen LogP contribution in [0, 0.1) is 6.92 Å². The van der Waals surface area contributed by atoms with E-state index >= 15 is 0 Å². The van der Waals surface area contributed by atoms with E-state index in [0.717, 1.165) is 11.3 Å². The van der Waals surface area contributed by atoms with Crippen LogP contribution in [0.25, 0.3) is 0 Å². The molecule has 1 aromatic heterocycles. The van der Waals surface area contributed by atoms with Crippen molar-refractivity contribution in [2.24, 2.45) is 0 Å². The Bertz CT molecular complexity index is 1110. The summed E-state index contributed by atoms with van der Waals surface area (Å²) in [6, 6.07) is 19.8. The highest BCUT2D eigenvalue weighted by atomic mass is 32.1. The van der Waals surface area contributed by atoms with Gasteiger partial charge in [0.25, 0.3) is 5.91 Å². The highest BCUT2D eigenvalue weighted by Crippen LogP contribution is 2.35.